The predicted molar refractivity (Wildman–Crippen MR) is 94.1 cm³/mol. The van der Waals surface area contributed by atoms with Crippen LogP contribution in [-0.2, 0) is 11.2 Å². The molecule has 0 saturated carbocycles. The summed E-state index contributed by atoms with van der Waals surface area (Å²) in [5.74, 6) is 0.503. The average molecular weight is 342 g/mol. The van der Waals surface area contributed by atoms with Crippen LogP contribution in [0.25, 0.3) is 11.0 Å². The molecule has 0 saturated heterocycles. The fourth-order valence-corrected chi connectivity index (χ4v) is 2.97. The zero-order chi connectivity index (χ0) is 16.8. The van der Waals surface area contributed by atoms with Gasteiger partial charge in [0.1, 0.15) is 5.82 Å². The number of aromatic amines is 1. The Balaban J connectivity index is 1.35. The van der Waals surface area contributed by atoms with Gasteiger partial charge in [-0.15, -0.1) is 11.3 Å². The highest BCUT2D eigenvalue weighted by molar-refractivity contribution is 7.12. The Morgan fingerprint density at radius 2 is 2.00 bits per heavy atom. The maximum absolute atomic E-state index is 11.7. The Morgan fingerprint density at radius 1 is 1.12 bits per heavy atom. The monoisotopic (exact) mass is 342 g/mol. The summed E-state index contributed by atoms with van der Waals surface area (Å²) in [5, 5.41) is 7.22. The first-order valence-electron chi connectivity index (χ1n) is 7.74. The number of aryl methyl sites for hydroxylation is 1. The summed E-state index contributed by atoms with van der Waals surface area (Å²) in [5.41, 5.74) is 1.97. The Hall–Kier alpha value is -2.67. The summed E-state index contributed by atoms with van der Waals surface area (Å²) < 4.78 is 0. The highest BCUT2D eigenvalue weighted by atomic mass is 32.1. The van der Waals surface area contributed by atoms with Crippen molar-refractivity contribution >= 4 is 34.2 Å². The van der Waals surface area contributed by atoms with Crippen LogP contribution in [-0.4, -0.2) is 34.9 Å². The number of carbonyl (C=O) groups excluding carboxylic acids is 2. The second-order valence-electron chi connectivity index (χ2n) is 5.31. The first-order valence-corrected chi connectivity index (χ1v) is 8.62. The van der Waals surface area contributed by atoms with E-state index in [0.717, 1.165) is 29.7 Å². The summed E-state index contributed by atoms with van der Waals surface area (Å²) in [4.78, 5) is 31.8. The number of thiophene rings is 1. The van der Waals surface area contributed by atoms with Crippen molar-refractivity contribution in [3.63, 3.8) is 0 Å². The molecule has 0 aliphatic carbocycles. The average Bonchev–Trinajstić information content (AvgIpc) is 3.25. The molecule has 3 rings (SSSR count). The molecule has 1 aromatic carbocycles. The minimum Gasteiger partial charge on any atom is -0.355 e. The molecule has 0 radical (unpaired) electrons. The molecular weight excluding hydrogens is 324 g/mol. The van der Waals surface area contributed by atoms with Gasteiger partial charge >= 0.3 is 0 Å². The smallest absolute Gasteiger partial charge is 0.261 e. The molecule has 0 atom stereocenters. The molecule has 3 N–H and O–H groups in total. The van der Waals surface area contributed by atoms with Crippen molar-refractivity contribution < 1.29 is 9.59 Å². The molecule has 0 spiro atoms. The van der Waals surface area contributed by atoms with Crippen LogP contribution in [0.15, 0.2) is 41.8 Å². The lowest BCUT2D eigenvalue weighted by Gasteiger charge is -2.05. The lowest BCUT2D eigenvalue weighted by Crippen LogP contribution is -2.37. The molecular formula is C17H18N4O2S. The van der Waals surface area contributed by atoms with E-state index in [0.29, 0.717) is 11.4 Å². The highest BCUT2D eigenvalue weighted by Crippen LogP contribution is 2.11. The third kappa shape index (κ3) is 4.20. The van der Waals surface area contributed by atoms with E-state index in [1.165, 1.54) is 11.3 Å². The number of carbonyl (C=O) groups is 2. The highest BCUT2D eigenvalue weighted by Gasteiger charge is 2.08. The third-order valence-electron chi connectivity index (χ3n) is 3.51. The van der Waals surface area contributed by atoms with Crippen molar-refractivity contribution in [2.24, 2.45) is 0 Å². The van der Waals surface area contributed by atoms with Gasteiger partial charge in [-0.25, -0.2) is 4.98 Å². The summed E-state index contributed by atoms with van der Waals surface area (Å²) in [7, 11) is 0. The lowest BCUT2D eigenvalue weighted by molar-refractivity contribution is -0.120. The van der Waals surface area contributed by atoms with Crippen LogP contribution >= 0.6 is 11.3 Å². The SMILES string of the molecule is O=C(CNC(=O)c1cccs1)NCCCc1nc2ccccc2[nH]1. The fourth-order valence-electron chi connectivity index (χ4n) is 2.33. The first-order chi connectivity index (χ1) is 11.7. The van der Waals surface area contributed by atoms with Gasteiger partial charge in [-0.2, -0.15) is 0 Å². The second-order valence-corrected chi connectivity index (χ2v) is 6.26. The van der Waals surface area contributed by atoms with Crippen LogP contribution in [0.4, 0.5) is 0 Å². The molecule has 0 aliphatic rings. The van der Waals surface area contributed by atoms with Crippen LogP contribution in [0.5, 0.6) is 0 Å². The van der Waals surface area contributed by atoms with Crippen LogP contribution in [0.3, 0.4) is 0 Å². The van der Waals surface area contributed by atoms with Crippen LogP contribution < -0.4 is 10.6 Å². The molecule has 3 aromatic rings. The molecule has 2 heterocycles. The van der Waals surface area contributed by atoms with Gasteiger partial charge in [0.05, 0.1) is 22.5 Å². The van der Waals surface area contributed by atoms with Crippen LogP contribution in [0, 0.1) is 0 Å². The lowest BCUT2D eigenvalue weighted by atomic mass is 10.3. The molecule has 24 heavy (non-hydrogen) atoms. The van der Waals surface area contributed by atoms with Gasteiger partial charge in [0.2, 0.25) is 5.91 Å². The summed E-state index contributed by atoms with van der Waals surface area (Å²) in [6.45, 7) is 0.534. The van der Waals surface area contributed by atoms with E-state index in [1.54, 1.807) is 12.1 Å². The number of H-pyrrole nitrogens is 1. The Labute approximate surface area is 143 Å². The summed E-state index contributed by atoms with van der Waals surface area (Å²) in [6.07, 6.45) is 1.54. The molecule has 2 amide bonds. The Kier molecular flexibility index (Phi) is 5.22. The van der Waals surface area contributed by atoms with Crippen LogP contribution in [0.1, 0.15) is 21.9 Å². The molecule has 0 bridgehead atoms. The topological polar surface area (TPSA) is 86.9 Å². The van der Waals surface area contributed by atoms with Gasteiger partial charge in [0.25, 0.3) is 5.91 Å². The normalized spacial score (nSPS) is 10.7. The number of benzene rings is 1. The molecule has 124 valence electrons. The number of rotatable bonds is 7. The van der Waals surface area contributed by atoms with E-state index in [2.05, 4.69) is 20.6 Å². The van der Waals surface area contributed by atoms with Gasteiger partial charge in [0.15, 0.2) is 0 Å². The quantitative estimate of drug-likeness (QED) is 0.575. The van der Waals surface area contributed by atoms with Gasteiger partial charge in [0, 0.05) is 13.0 Å². The van der Waals surface area contributed by atoms with E-state index < -0.39 is 0 Å². The number of nitrogens with zero attached hydrogens (tertiary/aromatic N) is 1. The van der Waals surface area contributed by atoms with E-state index in [9.17, 15) is 9.59 Å². The van der Waals surface area contributed by atoms with Gasteiger partial charge < -0.3 is 15.6 Å². The van der Waals surface area contributed by atoms with Crippen molar-refractivity contribution in [3.05, 3.63) is 52.5 Å². The predicted octanol–water partition coefficient (Wildman–Crippen LogP) is 2.10. The second kappa shape index (κ2) is 7.74. The molecule has 6 nitrogen and oxygen atoms in total. The van der Waals surface area contributed by atoms with Crippen molar-refractivity contribution in [1.82, 2.24) is 20.6 Å². The van der Waals surface area contributed by atoms with Gasteiger partial charge in [-0.05, 0) is 30.0 Å². The number of imidazole rings is 1. The van der Waals surface area contributed by atoms with E-state index in [-0.39, 0.29) is 18.4 Å². The first kappa shape index (κ1) is 16.2. The number of para-hydroxylation sites is 2. The zero-order valence-electron chi connectivity index (χ0n) is 13.0. The zero-order valence-corrected chi connectivity index (χ0v) is 13.9. The Morgan fingerprint density at radius 3 is 2.79 bits per heavy atom. The van der Waals surface area contributed by atoms with Crippen molar-refractivity contribution in [3.8, 4) is 0 Å². The van der Waals surface area contributed by atoms with E-state index in [4.69, 9.17) is 0 Å². The number of aromatic nitrogens is 2. The number of hydrogen-bond acceptors (Lipinski definition) is 4. The molecule has 0 aliphatic heterocycles. The molecule has 7 heteroatoms. The number of fused-ring (bicyclic) bond motifs is 1. The van der Waals surface area contributed by atoms with Crippen molar-refractivity contribution in [1.29, 1.82) is 0 Å². The molecule has 2 aromatic heterocycles. The van der Waals surface area contributed by atoms with Crippen molar-refractivity contribution in [2.45, 2.75) is 12.8 Å². The Bertz CT molecular complexity index is 793. The summed E-state index contributed by atoms with van der Waals surface area (Å²) >= 11 is 1.35. The summed E-state index contributed by atoms with van der Waals surface area (Å²) in [6, 6.07) is 11.4. The van der Waals surface area contributed by atoms with Gasteiger partial charge in [-0.1, -0.05) is 18.2 Å². The van der Waals surface area contributed by atoms with Gasteiger partial charge in [-0.3, -0.25) is 9.59 Å². The van der Waals surface area contributed by atoms with E-state index >= 15 is 0 Å². The van der Waals surface area contributed by atoms with E-state index in [1.807, 2.05) is 29.6 Å². The third-order valence-corrected chi connectivity index (χ3v) is 4.37. The van der Waals surface area contributed by atoms with Crippen molar-refractivity contribution in [2.75, 3.05) is 13.1 Å². The largest absolute Gasteiger partial charge is 0.355 e. The van der Waals surface area contributed by atoms with Crippen LogP contribution in [0.2, 0.25) is 0 Å². The molecule has 0 unspecified atom stereocenters. The minimum atomic E-state index is -0.220. The number of hydrogen-bond donors (Lipinski definition) is 3. The fraction of sp³-hybridized carbons (Fsp3) is 0.235. The minimum absolute atomic E-state index is 0.0125. The standard InChI is InChI=1S/C17H18N4O2S/c22-16(11-19-17(23)14-7-4-10-24-14)18-9-3-8-15-20-12-5-1-2-6-13(12)21-15/h1-2,4-7,10H,3,8-9,11H2,(H,18,22)(H,19,23)(H,20,21). The maximum atomic E-state index is 11.7. The molecule has 0 fully saturated rings. The maximum Gasteiger partial charge on any atom is 0.261 e. The number of nitrogens with one attached hydrogen (secondary N) is 3. The number of amides is 2.